The lowest BCUT2D eigenvalue weighted by atomic mass is 10.0. The summed E-state index contributed by atoms with van der Waals surface area (Å²) in [7, 11) is 0. The van der Waals surface area contributed by atoms with Crippen LogP contribution in [0.3, 0.4) is 0 Å². The van der Waals surface area contributed by atoms with Crippen molar-refractivity contribution in [3.63, 3.8) is 0 Å². The molecule has 0 atom stereocenters. The van der Waals surface area contributed by atoms with Crippen LogP contribution in [0.5, 0.6) is 5.75 Å². The zero-order valence-electron chi connectivity index (χ0n) is 13.6. The van der Waals surface area contributed by atoms with Gasteiger partial charge < -0.3 is 10.1 Å². The molecule has 0 fully saturated rings. The van der Waals surface area contributed by atoms with Gasteiger partial charge in [0.2, 0.25) is 0 Å². The fraction of sp³-hybridized carbons (Fsp3) is 0.278. The van der Waals surface area contributed by atoms with Crippen LogP contribution in [0.4, 0.5) is 5.69 Å². The molecule has 3 nitrogen and oxygen atoms in total. The molecule has 0 radical (unpaired) electrons. The summed E-state index contributed by atoms with van der Waals surface area (Å²) < 4.78 is 6.75. The molecular formula is C18H18BrCl2NO2. The Bertz CT molecular complexity index is 743. The Hall–Kier alpha value is -1.23. The molecule has 2 aromatic carbocycles. The highest BCUT2D eigenvalue weighted by Gasteiger charge is 2.13. The number of nitrogens with one attached hydrogen (secondary N) is 1. The number of amides is 1. The molecule has 24 heavy (non-hydrogen) atoms. The normalized spacial score (nSPS) is 10.8. The van der Waals surface area contributed by atoms with E-state index in [4.69, 9.17) is 27.9 Å². The van der Waals surface area contributed by atoms with Gasteiger partial charge in [0.15, 0.2) is 6.61 Å². The van der Waals surface area contributed by atoms with Crippen molar-refractivity contribution in [1.29, 1.82) is 0 Å². The highest BCUT2D eigenvalue weighted by atomic mass is 79.9. The van der Waals surface area contributed by atoms with E-state index in [1.54, 1.807) is 18.2 Å². The van der Waals surface area contributed by atoms with E-state index in [0.29, 0.717) is 21.5 Å². The number of carbonyl (C=O) groups excluding carboxylic acids is 1. The predicted octanol–water partition coefficient (Wildman–Crippen LogP) is 6.21. The third-order valence-electron chi connectivity index (χ3n) is 3.42. The van der Waals surface area contributed by atoms with E-state index in [2.05, 4.69) is 35.1 Å². The Morgan fingerprint density at radius 2 is 1.79 bits per heavy atom. The summed E-state index contributed by atoms with van der Waals surface area (Å²) in [6.07, 6.45) is 0. The molecule has 0 aliphatic heterocycles. The minimum absolute atomic E-state index is 0.0923. The van der Waals surface area contributed by atoms with Gasteiger partial charge in [0, 0.05) is 20.2 Å². The van der Waals surface area contributed by atoms with E-state index in [-0.39, 0.29) is 18.4 Å². The van der Waals surface area contributed by atoms with Crippen LogP contribution in [0.1, 0.15) is 30.9 Å². The minimum Gasteiger partial charge on any atom is -0.483 e. The van der Waals surface area contributed by atoms with Gasteiger partial charge in [-0.3, -0.25) is 4.79 Å². The maximum Gasteiger partial charge on any atom is 0.262 e. The van der Waals surface area contributed by atoms with Crippen molar-refractivity contribution in [1.82, 2.24) is 0 Å². The summed E-state index contributed by atoms with van der Waals surface area (Å²) in [6, 6.07) is 8.84. The lowest BCUT2D eigenvalue weighted by Crippen LogP contribution is -2.20. The van der Waals surface area contributed by atoms with Crippen molar-refractivity contribution in [2.24, 2.45) is 0 Å². The number of hydrogen-bond donors (Lipinski definition) is 1. The van der Waals surface area contributed by atoms with Crippen molar-refractivity contribution in [2.75, 3.05) is 11.9 Å². The van der Waals surface area contributed by atoms with Gasteiger partial charge in [0.1, 0.15) is 5.75 Å². The average molecular weight is 431 g/mol. The molecule has 128 valence electrons. The van der Waals surface area contributed by atoms with Gasteiger partial charge in [-0.25, -0.2) is 0 Å². The summed E-state index contributed by atoms with van der Waals surface area (Å²) in [5.74, 6) is 0.722. The highest BCUT2D eigenvalue weighted by molar-refractivity contribution is 9.10. The first-order chi connectivity index (χ1) is 11.3. The number of ether oxygens (including phenoxy) is 1. The Morgan fingerprint density at radius 3 is 2.38 bits per heavy atom. The van der Waals surface area contributed by atoms with E-state index in [1.165, 1.54) is 0 Å². The van der Waals surface area contributed by atoms with Crippen LogP contribution < -0.4 is 10.1 Å². The maximum atomic E-state index is 12.1. The third-order valence-corrected chi connectivity index (χ3v) is 4.71. The van der Waals surface area contributed by atoms with Crippen molar-refractivity contribution >= 4 is 50.7 Å². The van der Waals surface area contributed by atoms with Crippen LogP contribution in [0.2, 0.25) is 10.0 Å². The van der Waals surface area contributed by atoms with Gasteiger partial charge in [-0.15, -0.1) is 0 Å². The molecule has 0 bridgehead atoms. The second-order valence-corrected chi connectivity index (χ2v) is 7.52. The van der Waals surface area contributed by atoms with Crippen molar-refractivity contribution < 1.29 is 9.53 Å². The number of carbonyl (C=O) groups is 1. The number of rotatable bonds is 5. The van der Waals surface area contributed by atoms with Crippen LogP contribution in [0.25, 0.3) is 0 Å². The van der Waals surface area contributed by atoms with Gasteiger partial charge in [-0.05, 0) is 54.3 Å². The number of hydrogen-bond acceptors (Lipinski definition) is 2. The molecule has 1 N–H and O–H groups in total. The van der Waals surface area contributed by atoms with Crippen LogP contribution in [-0.2, 0) is 4.79 Å². The number of benzene rings is 2. The second kappa shape index (κ2) is 8.24. The molecule has 0 saturated carbocycles. The van der Waals surface area contributed by atoms with Crippen molar-refractivity contribution in [3.05, 3.63) is 56.0 Å². The molecule has 1 amide bonds. The predicted molar refractivity (Wildman–Crippen MR) is 104 cm³/mol. The molecule has 0 aliphatic carbocycles. The van der Waals surface area contributed by atoms with Crippen LogP contribution in [-0.4, -0.2) is 12.5 Å². The fourth-order valence-electron chi connectivity index (χ4n) is 2.21. The SMILES string of the molecule is Cc1cc(OCC(=O)Nc2cc(Cl)cc(Cl)c2)c(C(C)C)cc1Br. The summed E-state index contributed by atoms with van der Waals surface area (Å²) in [6.45, 7) is 6.05. The van der Waals surface area contributed by atoms with Gasteiger partial charge in [-0.1, -0.05) is 53.0 Å². The van der Waals surface area contributed by atoms with E-state index in [9.17, 15) is 4.79 Å². The molecule has 0 spiro atoms. The Morgan fingerprint density at radius 1 is 1.17 bits per heavy atom. The van der Waals surface area contributed by atoms with Gasteiger partial charge >= 0.3 is 0 Å². The topological polar surface area (TPSA) is 38.3 Å². The van der Waals surface area contributed by atoms with E-state index in [0.717, 1.165) is 15.6 Å². The number of anilines is 1. The highest BCUT2D eigenvalue weighted by Crippen LogP contribution is 2.32. The quantitative estimate of drug-likeness (QED) is 0.612. The zero-order valence-corrected chi connectivity index (χ0v) is 16.7. The van der Waals surface area contributed by atoms with E-state index >= 15 is 0 Å². The summed E-state index contributed by atoms with van der Waals surface area (Å²) >= 11 is 15.4. The molecule has 0 aromatic heterocycles. The zero-order chi connectivity index (χ0) is 17.9. The van der Waals surface area contributed by atoms with E-state index in [1.807, 2.05) is 19.1 Å². The first-order valence-corrected chi connectivity index (χ1v) is 9.00. The van der Waals surface area contributed by atoms with Crippen LogP contribution in [0, 0.1) is 6.92 Å². The largest absolute Gasteiger partial charge is 0.483 e. The molecule has 0 heterocycles. The molecule has 2 rings (SSSR count). The van der Waals surface area contributed by atoms with Gasteiger partial charge in [0.05, 0.1) is 0 Å². The standard InChI is InChI=1S/C18H18BrCl2NO2/c1-10(2)15-8-16(19)11(3)4-17(15)24-9-18(23)22-14-6-12(20)5-13(21)7-14/h4-8,10H,9H2,1-3H3,(H,22,23). The molecule has 2 aromatic rings. The van der Waals surface area contributed by atoms with E-state index < -0.39 is 0 Å². The van der Waals surface area contributed by atoms with Gasteiger partial charge in [0.25, 0.3) is 5.91 Å². The maximum absolute atomic E-state index is 12.1. The Balaban J connectivity index is 2.07. The molecule has 0 saturated heterocycles. The van der Waals surface area contributed by atoms with Gasteiger partial charge in [-0.2, -0.15) is 0 Å². The summed E-state index contributed by atoms with van der Waals surface area (Å²) in [4.78, 5) is 12.1. The lowest BCUT2D eigenvalue weighted by molar-refractivity contribution is -0.118. The fourth-order valence-corrected chi connectivity index (χ4v) is 3.10. The Labute approximate surface area is 160 Å². The minimum atomic E-state index is -0.274. The number of halogens is 3. The van der Waals surface area contributed by atoms with Crippen LogP contribution >= 0.6 is 39.1 Å². The summed E-state index contributed by atoms with van der Waals surface area (Å²) in [5.41, 5.74) is 2.64. The van der Waals surface area contributed by atoms with Crippen molar-refractivity contribution in [2.45, 2.75) is 26.7 Å². The molecular weight excluding hydrogens is 413 g/mol. The first kappa shape index (κ1) is 19.1. The second-order valence-electron chi connectivity index (χ2n) is 5.79. The Kier molecular flexibility index (Phi) is 6.55. The third kappa shape index (κ3) is 5.13. The number of aryl methyl sites for hydroxylation is 1. The van der Waals surface area contributed by atoms with Crippen molar-refractivity contribution in [3.8, 4) is 5.75 Å². The molecule has 6 heteroatoms. The smallest absolute Gasteiger partial charge is 0.262 e. The van der Waals surface area contributed by atoms with Crippen LogP contribution in [0.15, 0.2) is 34.8 Å². The monoisotopic (exact) mass is 429 g/mol. The molecule has 0 aliphatic rings. The summed E-state index contributed by atoms with van der Waals surface area (Å²) in [5, 5.41) is 3.65. The average Bonchev–Trinajstić information content (AvgIpc) is 2.46. The molecule has 0 unspecified atom stereocenters. The first-order valence-electron chi connectivity index (χ1n) is 7.45. The lowest BCUT2D eigenvalue weighted by Gasteiger charge is -2.16.